The van der Waals surface area contributed by atoms with Crippen LogP contribution in [0.25, 0.3) is 0 Å². The van der Waals surface area contributed by atoms with Crippen molar-refractivity contribution >= 4 is 34.8 Å². The fraction of sp³-hybridized carbons (Fsp3) is 0.158. The number of nitrogens with one attached hydrogen (secondary N) is 2. The standard InChI is InChI=1S/C19H16ClF2N5O3/c1-10-18(19(29)23-12-4-5-13(21)14(22)8-12)25-26-27(10)9-17(28)24-15-7-11(20)3-6-16(15)30-2/h3-8H,9H2,1-2H3,(H,23,29)(H,24,28). The van der Waals surface area contributed by atoms with Crippen LogP contribution in [0.2, 0.25) is 5.02 Å². The summed E-state index contributed by atoms with van der Waals surface area (Å²) >= 11 is 5.94. The van der Waals surface area contributed by atoms with Gasteiger partial charge in [-0.3, -0.25) is 9.59 Å². The van der Waals surface area contributed by atoms with Gasteiger partial charge in [0.1, 0.15) is 12.3 Å². The molecule has 0 aliphatic carbocycles. The Morgan fingerprint density at radius 1 is 1.13 bits per heavy atom. The van der Waals surface area contributed by atoms with Gasteiger partial charge in [0.25, 0.3) is 5.91 Å². The van der Waals surface area contributed by atoms with Gasteiger partial charge in [-0.15, -0.1) is 5.10 Å². The molecule has 0 aliphatic rings. The first-order valence-corrected chi connectivity index (χ1v) is 8.96. The highest BCUT2D eigenvalue weighted by atomic mass is 35.5. The number of hydrogen-bond donors (Lipinski definition) is 2. The van der Waals surface area contributed by atoms with Gasteiger partial charge >= 0.3 is 0 Å². The molecule has 11 heteroatoms. The largest absolute Gasteiger partial charge is 0.495 e. The van der Waals surface area contributed by atoms with Gasteiger partial charge in [-0.1, -0.05) is 16.8 Å². The van der Waals surface area contributed by atoms with E-state index in [1.165, 1.54) is 23.9 Å². The summed E-state index contributed by atoms with van der Waals surface area (Å²) in [5.41, 5.74) is 0.680. The number of nitrogens with zero attached hydrogens (tertiary/aromatic N) is 3. The van der Waals surface area contributed by atoms with Gasteiger partial charge in [-0.25, -0.2) is 13.5 Å². The Morgan fingerprint density at radius 3 is 2.60 bits per heavy atom. The van der Waals surface area contributed by atoms with Crippen LogP contribution in [0.5, 0.6) is 5.75 Å². The van der Waals surface area contributed by atoms with Crippen molar-refractivity contribution in [3.63, 3.8) is 0 Å². The Bertz CT molecular complexity index is 1120. The van der Waals surface area contributed by atoms with Gasteiger partial charge < -0.3 is 15.4 Å². The van der Waals surface area contributed by atoms with E-state index in [4.69, 9.17) is 16.3 Å². The van der Waals surface area contributed by atoms with Crippen molar-refractivity contribution < 1.29 is 23.1 Å². The summed E-state index contributed by atoms with van der Waals surface area (Å²) in [5.74, 6) is -2.83. The first kappa shape index (κ1) is 21.2. The Kier molecular flexibility index (Phi) is 6.26. The second kappa shape index (κ2) is 8.87. The van der Waals surface area contributed by atoms with Crippen LogP contribution in [-0.4, -0.2) is 33.9 Å². The van der Waals surface area contributed by atoms with E-state index < -0.39 is 23.4 Å². The van der Waals surface area contributed by atoms with Crippen molar-refractivity contribution in [1.29, 1.82) is 0 Å². The van der Waals surface area contributed by atoms with Crippen LogP contribution < -0.4 is 15.4 Å². The Hall–Kier alpha value is -3.53. The van der Waals surface area contributed by atoms with Crippen LogP contribution in [-0.2, 0) is 11.3 Å². The number of carbonyl (C=O) groups excluding carboxylic acids is 2. The highest BCUT2D eigenvalue weighted by molar-refractivity contribution is 6.31. The molecule has 2 aromatic carbocycles. The molecule has 3 aromatic rings. The zero-order valence-corrected chi connectivity index (χ0v) is 16.6. The van der Waals surface area contributed by atoms with E-state index >= 15 is 0 Å². The van der Waals surface area contributed by atoms with Crippen LogP contribution in [0.1, 0.15) is 16.2 Å². The minimum Gasteiger partial charge on any atom is -0.495 e. The van der Waals surface area contributed by atoms with Crippen molar-refractivity contribution in [1.82, 2.24) is 15.0 Å². The Labute approximate surface area is 174 Å². The molecule has 156 valence electrons. The topological polar surface area (TPSA) is 98.1 Å². The Morgan fingerprint density at radius 2 is 1.90 bits per heavy atom. The van der Waals surface area contributed by atoms with Crippen molar-refractivity contribution in [2.45, 2.75) is 13.5 Å². The molecule has 0 aliphatic heterocycles. The molecule has 2 amide bonds. The van der Waals surface area contributed by atoms with Gasteiger partial charge in [-0.05, 0) is 37.3 Å². The highest BCUT2D eigenvalue weighted by Crippen LogP contribution is 2.27. The van der Waals surface area contributed by atoms with Crippen LogP contribution in [0.3, 0.4) is 0 Å². The zero-order chi connectivity index (χ0) is 21.8. The van der Waals surface area contributed by atoms with Crippen LogP contribution in [0.15, 0.2) is 36.4 Å². The molecule has 1 aromatic heterocycles. The number of amides is 2. The average Bonchev–Trinajstić information content (AvgIpc) is 3.05. The summed E-state index contributed by atoms with van der Waals surface area (Å²) < 4.78 is 32.7. The number of ether oxygens (including phenoxy) is 1. The second-order valence-electron chi connectivity index (χ2n) is 6.16. The molecule has 0 spiro atoms. The van der Waals surface area contributed by atoms with Crippen molar-refractivity contribution in [2.75, 3.05) is 17.7 Å². The molecule has 0 unspecified atom stereocenters. The number of aromatic nitrogens is 3. The predicted molar refractivity (Wildman–Crippen MR) is 106 cm³/mol. The van der Waals surface area contributed by atoms with E-state index in [1.807, 2.05) is 0 Å². The molecule has 30 heavy (non-hydrogen) atoms. The first-order chi connectivity index (χ1) is 14.3. The molecule has 0 atom stereocenters. The molecule has 0 saturated carbocycles. The summed E-state index contributed by atoms with van der Waals surface area (Å²) in [5, 5.41) is 13.0. The molecule has 3 rings (SSSR count). The van der Waals surface area contributed by atoms with Gasteiger partial charge in [0.15, 0.2) is 17.3 Å². The van der Waals surface area contributed by atoms with Crippen molar-refractivity contribution in [3.05, 3.63) is 64.4 Å². The lowest BCUT2D eigenvalue weighted by Crippen LogP contribution is -2.21. The molecule has 8 nitrogen and oxygen atoms in total. The molecule has 1 heterocycles. The third kappa shape index (κ3) is 4.71. The fourth-order valence-electron chi connectivity index (χ4n) is 2.59. The summed E-state index contributed by atoms with van der Waals surface area (Å²) in [6.45, 7) is 1.32. The lowest BCUT2D eigenvalue weighted by molar-refractivity contribution is -0.117. The van der Waals surface area contributed by atoms with Gasteiger partial charge in [0.2, 0.25) is 5.91 Å². The molecule has 0 fully saturated rings. The molecule has 0 bridgehead atoms. The quantitative estimate of drug-likeness (QED) is 0.618. The number of anilines is 2. The summed E-state index contributed by atoms with van der Waals surface area (Å²) in [7, 11) is 1.46. The third-order valence-electron chi connectivity index (χ3n) is 4.10. The second-order valence-corrected chi connectivity index (χ2v) is 6.59. The van der Waals surface area contributed by atoms with Gasteiger partial charge in [-0.2, -0.15) is 0 Å². The van der Waals surface area contributed by atoms with Crippen LogP contribution in [0.4, 0.5) is 20.2 Å². The van der Waals surface area contributed by atoms with Crippen LogP contribution in [0, 0.1) is 18.6 Å². The van der Waals surface area contributed by atoms with E-state index in [-0.39, 0.29) is 17.9 Å². The molecular formula is C19H16ClF2N5O3. The zero-order valence-electron chi connectivity index (χ0n) is 15.9. The normalized spacial score (nSPS) is 10.6. The van der Waals surface area contributed by atoms with E-state index in [0.29, 0.717) is 22.2 Å². The van der Waals surface area contributed by atoms with E-state index in [2.05, 4.69) is 20.9 Å². The minimum atomic E-state index is -1.10. The Balaban J connectivity index is 1.70. The summed E-state index contributed by atoms with van der Waals surface area (Å²) in [4.78, 5) is 24.7. The maximum atomic E-state index is 13.3. The van der Waals surface area contributed by atoms with Crippen molar-refractivity contribution in [2.24, 2.45) is 0 Å². The lowest BCUT2D eigenvalue weighted by atomic mass is 10.2. The monoisotopic (exact) mass is 435 g/mol. The number of hydrogen-bond acceptors (Lipinski definition) is 5. The molecule has 0 saturated heterocycles. The van der Waals surface area contributed by atoms with Gasteiger partial charge in [0.05, 0.1) is 18.5 Å². The lowest BCUT2D eigenvalue weighted by Gasteiger charge is -2.11. The smallest absolute Gasteiger partial charge is 0.278 e. The van der Waals surface area contributed by atoms with E-state index in [1.54, 1.807) is 19.1 Å². The summed E-state index contributed by atoms with van der Waals surface area (Å²) in [6, 6.07) is 7.71. The fourth-order valence-corrected chi connectivity index (χ4v) is 2.76. The summed E-state index contributed by atoms with van der Waals surface area (Å²) in [6.07, 6.45) is 0. The van der Waals surface area contributed by atoms with Crippen LogP contribution >= 0.6 is 11.6 Å². The molecule has 2 N–H and O–H groups in total. The maximum Gasteiger partial charge on any atom is 0.278 e. The van der Waals surface area contributed by atoms with Crippen molar-refractivity contribution in [3.8, 4) is 5.75 Å². The molecule has 0 radical (unpaired) electrons. The SMILES string of the molecule is COc1ccc(Cl)cc1NC(=O)Cn1nnc(C(=O)Nc2ccc(F)c(F)c2)c1C. The predicted octanol–water partition coefficient (Wildman–Crippen LogP) is 3.42. The maximum absolute atomic E-state index is 13.3. The number of halogens is 3. The number of methoxy groups -OCH3 is 1. The van der Waals surface area contributed by atoms with E-state index in [0.717, 1.165) is 12.1 Å². The average molecular weight is 436 g/mol. The number of benzene rings is 2. The van der Waals surface area contributed by atoms with E-state index in [9.17, 15) is 18.4 Å². The first-order valence-electron chi connectivity index (χ1n) is 8.58. The third-order valence-corrected chi connectivity index (χ3v) is 4.34. The number of rotatable bonds is 6. The molecular weight excluding hydrogens is 420 g/mol. The van der Waals surface area contributed by atoms with Gasteiger partial charge in [0, 0.05) is 16.8 Å². The highest BCUT2D eigenvalue weighted by Gasteiger charge is 2.19. The number of carbonyl (C=O) groups is 2. The minimum absolute atomic E-state index is 0.0543.